The molecule has 0 heterocycles. The molecular weight excluding hydrogens is 331 g/mol. The summed E-state index contributed by atoms with van der Waals surface area (Å²) in [6, 6.07) is 2.94. The maximum Gasteiger partial charge on any atom is 0.273 e. The lowest BCUT2D eigenvalue weighted by molar-refractivity contribution is -0.385. The van der Waals surface area contributed by atoms with Gasteiger partial charge in [0.1, 0.15) is 5.82 Å². The van der Waals surface area contributed by atoms with Crippen LogP contribution in [0.15, 0.2) is 18.2 Å². The number of carbonyl (C=O) groups is 1. The zero-order valence-corrected chi connectivity index (χ0v) is 12.2. The average Bonchev–Trinajstić information content (AvgIpc) is 2.85. The fourth-order valence-corrected chi connectivity index (χ4v) is 3.25. The van der Waals surface area contributed by atoms with E-state index in [9.17, 15) is 19.3 Å². The van der Waals surface area contributed by atoms with Crippen molar-refractivity contribution in [3.63, 3.8) is 0 Å². The Morgan fingerprint density at radius 3 is 2.85 bits per heavy atom. The SMILES string of the molecule is O=C(NC1CCCC1CBr)c1cc(F)cc([N+](=O)[O-])c1. The van der Waals surface area contributed by atoms with Crippen LogP contribution in [0.3, 0.4) is 0 Å². The molecule has 1 aromatic rings. The second kappa shape index (κ2) is 6.30. The van der Waals surface area contributed by atoms with Crippen LogP contribution in [-0.4, -0.2) is 22.2 Å². The Morgan fingerprint density at radius 1 is 1.45 bits per heavy atom. The lowest BCUT2D eigenvalue weighted by Crippen LogP contribution is -2.37. The van der Waals surface area contributed by atoms with E-state index in [0.717, 1.165) is 42.8 Å². The highest BCUT2D eigenvalue weighted by molar-refractivity contribution is 9.09. The molecule has 0 bridgehead atoms. The normalized spacial score (nSPS) is 21.7. The summed E-state index contributed by atoms with van der Waals surface area (Å²) >= 11 is 3.40. The Balaban J connectivity index is 2.15. The molecule has 5 nitrogen and oxygen atoms in total. The minimum Gasteiger partial charge on any atom is -0.349 e. The fraction of sp³-hybridized carbons (Fsp3) is 0.462. The minimum absolute atomic E-state index is 0.0167. The van der Waals surface area contributed by atoms with Crippen LogP contribution in [-0.2, 0) is 0 Å². The van der Waals surface area contributed by atoms with Gasteiger partial charge in [-0.25, -0.2) is 4.39 Å². The van der Waals surface area contributed by atoms with Crippen LogP contribution in [0.5, 0.6) is 0 Å². The summed E-state index contributed by atoms with van der Waals surface area (Å²) in [5, 5.41) is 14.3. The minimum atomic E-state index is -0.784. The van der Waals surface area contributed by atoms with Crippen LogP contribution < -0.4 is 5.32 Å². The van der Waals surface area contributed by atoms with Gasteiger partial charge in [0.25, 0.3) is 11.6 Å². The number of benzene rings is 1. The second-order valence-corrected chi connectivity index (χ2v) is 5.53. The molecule has 20 heavy (non-hydrogen) atoms. The third kappa shape index (κ3) is 3.33. The Morgan fingerprint density at radius 2 is 2.20 bits per heavy atom. The quantitative estimate of drug-likeness (QED) is 0.518. The summed E-state index contributed by atoms with van der Waals surface area (Å²) in [7, 11) is 0. The first kappa shape index (κ1) is 14.9. The van der Waals surface area contributed by atoms with E-state index in [4.69, 9.17) is 0 Å². The maximum atomic E-state index is 13.3. The number of halogens is 2. The number of hydrogen-bond donors (Lipinski definition) is 1. The van der Waals surface area contributed by atoms with Gasteiger partial charge in [-0.3, -0.25) is 14.9 Å². The van der Waals surface area contributed by atoms with Gasteiger partial charge in [0.2, 0.25) is 0 Å². The predicted molar refractivity (Wildman–Crippen MR) is 75.4 cm³/mol. The first-order valence-electron chi connectivity index (χ1n) is 6.33. The lowest BCUT2D eigenvalue weighted by atomic mass is 10.1. The first-order valence-corrected chi connectivity index (χ1v) is 7.45. The van der Waals surface area contributed by atoms with E-state index in [1.165, 1.54) is 0 Å². The number of alkyl halides is 1. The van der Waals surface area contributed by atoms with Gasteiger partial charge < -0.3 is 5.32 Å². The number of carbonyl (C=O) groups excluding carboxylic acids is 1. The Bertz CT molecular complexity index is 538. The zero-order valence-electron chi connectivity index (χ0n) is 10.6. The molecule has 0 aliphatic heterocycles. The van der Waals surface area contributed by atoms with Crippen molar-refractivity contribution < 1.29 is 14.1 Å². The number of non-ortho nitro benzene ring substituents is 1. The van der Waals surface area contributed by atoms with Gasteiger partial charge in [0.05, 0.1) is 11.0 Å². The molecule has 1 fully saturated rings. The molecule has 1 amide bonds. The Labute approximate surface area is 123 Å². The molecule has 2 rings (SSSR count). The molecule has 1 saturated carbocycles. The Kier molecular flexibility index (Phi) is 4.69. The second-order valence-electron chi connectivity index (χ2n) is 4.88. The standard InChI is InChI=1S/C13H14BrFN2O3/c14-7-8-2-1-3-12(8)16-13(18)9-4-10(15)6-11(5-9)17(19)20/h4-6,8,12H,1-3,7H2,(H,16,18). The molecule has 0 saturated heterocycles. The summed E-state index contributed by atoms with van der Waals surface area (Å²) < 4.78 is 13.3. The number of rotatable bonds is 4. The number of nitro benzene ring substituents is 1. The Hall–Kier alpha value is -1.50. The molecular formula is C13H14BrFN2O3. The molecule has 1 N–H and O–H groups in total. The van der Waals surface area contributed by atoms with Gasteiger partial charge in [0, 0.05) is 23.0 Å². The molecule has 2 atom stereocenters. The van der Waals surface area contributed by atoms with E-state index in [1.807, 2.05) is 0 Å². The topological polar surface area (TPSA) is 72.2 Å². The predicted octanol–water partition coefficient (Wildman–Crippen LogP) is 3.03. The lowest BCUT2D eigenvalue weighted by Gasteiger charge is -2.19. The van der Waals surface area contributed by atoms with Gasteiger partial charge in [-0.15, -0.1) is 0 Å². The van der Waals surface area contributed by atoms with Gasteiger partial charge in [-0.05, 0) is 24.8 Å². The molecule has 1 aliphatic carbocycles. The molecule has 2 unspecified atom stereocenters. The summed E-state index contributed by atoms with van der Waals surface area (Å²) in [5.41, 5.74) is -0.435. The van der Waals surface area contributed by atoms with Crippen molar-refractivity contribution in [1.29, 1.82) is 0 Å². The number of nitro groups is 1. The van der Waals surface area contributed by atoms with E-state index >= 15 is 0 Å². The monoisotopic (exact) mass is 344 g/mol. The molecule has 0 spiro atoms. The van der Waals surface area contributed by atoms with Gasteiger partial charge in [-0.2, -0.15) is 0 Å². The van der Waals surface area contributed by atoms with Gasteiger partial charge in [-0.1, -0.05) is 22.4 Å². The number of amides is 1. The van der Waals surface area contributed by atoms with Crippen LogP contribution in [0, 0.1) is 21.8 Å². The molecule has 7 heteroatoms. The third-order valence-electron chi connectivity index (χ3n) is 3.53. The van der Waals surface area contributed by atoms with Crippen LogP contribution in [0.25, 0.3) is 0 Å². The number of nitrogens with zero attached hydrogens (tertiary/aromatic N) is 1. The van der Waals surface area contributed by atoms with Crippen molar-refractivity contribution in [2.24, 2.45) is 5.92 Å². The highest BCUT2D eigenvalue weighted by Gasteiger charge is 2.28. The maximum absolute atomic E-state index is 13.3. The molecule has 1 aromatic carbocycles. The van der Waals surface area contributed by atoms with Crippen LogP contribution in [0.4, 0.5) is 10.1 Å². The van der Waals surface area contributed by atoms with Crippen molar-refractivity contribution >= 4 is 27.5 Å². The van der Waals surface area contributed by atoms with E-state index in [1.54, 1.807) is 0 Å². The largest absolute Gasteiger partial charge is 0.349 e. The van der Waals surface area contributed by atoms with Crippen molar-refractivity contribution in [1.82, 2.24) is 5.32 Å². The van der Waals surface area contributed by atoms with Gasteiger partial charge in [0.15, 0.2) is 0 Å². The molecule has 0 aromatic heterocycles. The summed E-state index contributed by atoms with van der Waals surface area (Å²) in [4.78, 5) is 22.0. The smallest absolute Gasteiger partial charge is 0.273 e. The number of nitrogens with one attached hydrogen (secondary N) is 1. The molecule has 1 aliphatic rings. The first-order chi connectivity index (χ1) is 9.51. The zero-order chi connectivity index (χ0) is 14.7. The number of hydrogen-bond acceptors (Lipinski definition) is 3. The van der Waals surface area contributed by atoms with Crippen molar-refractivity contribution in [2.75, 3.05) is 5.33 Å². The van der Waals surface area contributed by atoms with E-state index < -0.39 is 22.3 Å². The summed E-state index contributed by atoms with van der Waals surface area (Å²) in [5.74, 6) is -0.902. The van der Waals surface area contributed by atoms with Crippen molar-refractivity contribution in [3.8, 4) is 0 Å². The molecule has 108 valence electrons. The highest BCUT2D eigenvalue weighted by atomic mass is 79.9. The van der Waals surface area contributed by atoms with Crippen LogP contribution in [0.2, 0.25) is 0 Å². The summed E-state index contributed by atoms with van der Waals surface area (Å²) in [6.07, 6.45) is 2.93. The van der Waals surface area contributed by atoms with Crippen molar-refractivity contribution in [2.45, 2.75) is 25.3 Å². The average molecular weight is 345 g/mol. The highest BCUT2D eigenvalue weighted by Crippen LogP contribution is 2.27. The van der Waals surface area contributed by atoms with E-state index in [0.29, 0.717) is 5.92 Å². The fourth-order valence-electron chi connectivity index (χ4n) is 2.47. The van der Waals surface area contributed by atoms with Gasteiger partial charge >= 0.3 is 0 Å². The van der Waals surface area contributed by atoms with E-state index in [2.05, 4.69) is 21.2 Å². The van der Waals surface area contributed by atoms with E-state index in [-0.39, 0.29) is 11.6 Å². The third-order valence-corrected chi connectivity index (χ3v) is 4.36. The van der Waals surface area contributed by atoms with Crippen molar-refractivity contribution in [3.05, 3.63) is 39.7 Å². The van der Waals surface area contributed by atoms with Crippen LogP contribution in [0.1, 0.15) is 29.6 Å². The van der Waals surface area contributed by atoms with Crippen LogP contribution >= 0.6 is 15.9 Å². The molecule has 0 radical (unpaired) electrons. The summed E-state index contributed by atoms with van der Waals surface area (Å²) in [6.45, 7) is 0.